The molecule has 0 spiro atoms. The molecule has 1 heterocycles. The topological polar surface area (TPSA) is 65.5 Å². The highest BCUT2D eigenvalue weighted by Gasteiger charge is 2.10. The number of nitrogens with zero attached hydrogens (tertiary/aromatic N) is 2. The van der Waals surface area contributed by atoms with Crippen LogP contribution in [0.4, 0.5) is 5.82 Å². The van der Waals surface area contributed by atoms with E-state index in [0.717, 1.165) is 19.6 Å². The number of hydrogen-bond donors (Lipinski definition) is 2. The van der Waals surface area contributed by atoms with E-state index in [-0.39, 0.29) is 5.69 Å². The third-order valence-electron chi connectivity index (χ3n) is 2.98. The number of pyridine rings is 1. The van der Waals surface area contributed by atoms with Gasteiger partial charge < -0.3 is 10.4 Å². The van der Waals surface area contributed by atoms with Gasteiger partial charge in [-0.2, -0.15) is 0 Å². The van der Waals surface area contributed by atoms with E-state index in [4.69, 9.17) is 5.11 Å². The van der Waals surface area contributed by atoms with E-state index in [1.807, 2.05) is 0 Å². The van der Waals surface area contributed by atoms with Gasteiger partial charge >= 0.3 is 5.97 Å². The fourth-order valence-corrected chi connectivity index (χ4v) is 1.88. The summed E-state index contributed by atoms with van der Waals surface area (Å²) in [6, 6.07) is 5.35. The molecular formula is C13H21N3O2. The van der Waals surface area contributed by atoms with Crippen LogP contribution in [0, 0.1) is 0 Å². The molecule has 0 amide bonds. The Kier molecular flexibility index (Phi) is 5.58. The monoisotopic (exact) mass is 251 g/mol. The molecule has 1 aromatic heterocycles. The van der Waals surface area contributed by atoms with Gasteiger partial charge in [-0.25, -0.2) is 9.78 Å². The Hall–Kier alpha value is -1.62. The Morgan fingerprint density at radius 1 is 1.44 bits per heavy atom. The number of hydrogen-bond acceptors (Lipinski definition) is 4. The number of aromatic carboxylic acids is 1. The molecule has 0 radical (unpaired) electrons. The number of carbonyl (C=O) groups is 1. The average molecular weight is 251 g/mol. The molecule has 0 fully saturated rings. The third-order valence-corrected chi connectivity index (χ3v) is 2.98. The number of nitrogens with one attached hydrogen (secondary N) is 1. The summed E-state index contributed by atoms with van der Waals surface area (Å²) in [4.78, 5) is 17.1. The number of anilines is 1. The molecule has 1 aromatic rings. The summed E-state index contributed by atoms with van der Waals surface area (Å²) < 4.78 is 0. The summed E-state index contributed by atoms with van der Waals surface area (Å²) in [6.07, 6.45) is 0. The molecule has 2 N–H and O–H groups in total. The third kappa shape index (κ3) is 4.00. The highest BCUT2D eigenvalue weighted by molar-refractivity contribution is 5.85. The molecule has 18 heavy (non-hydrogen) atoms. The smallest absolute Gasteiger partial charge is 0.354 e. The van der Waals surface area contributed by atoms with Crippen molar-refractivity contribution in [2.24, 2.45) is 0 Å². The van der Waals surface area contributed by atoms with Gasteiger partial charge in [-0.3, -0.25) is 4.90 Å². The van der Waals surface area contributed by atoms with Crippen LogP contribution in [0.5, 0.6) is 0 Å². The Balaban J connectivity index is 2.58. The lowest BCUT2D eigenvalue weighted by Gasteiger charge is -2.26. The number of carboxylic acids is 1. The second-order valence-electron chi connectivity index (χ2n) is 4.16. The molecule has 0 bridgehead atoms. The fourth-order valence-electron chi connectivity index (χ4n) is 1.88. The summed E-state index contributed by atoms with van der Waals surface area (Å²) in [6.45, 7) is 9.15. The minimum atomic E-state index is -1.00. The van der Waals surface area contributed by atoms with E-state index in [9.17, 15) is 4.79 Å². The summed E-state index contributed by atoms with van der Waals surface area (Å²) in [5, 5.41) is 12.0. The molecule has 0 aromatic carbocycles. The summed E-state index contributed by atoms with van der Waals surface area (Å²) in [5.41, 5.74) is 0.0653. The van der Waals surface area contributed by atoms with Gasteiger partial charge in [0.2, 0.25) is 0 Å². The van der Waals surface area contributed by atoms with Crippen molar-refractivity contribution in [3.05, 3.63) is 23.9 Å². The van der Waals surface area contributed by atoms with E-state index in [0.29, 0.717) is 11.9 Å². The molecule has 0 unspecified atom stereocenters. The molecule has 1 atom stereocenters. The van der Waals surface area contributed by atoms with Crippen LogP contribution in [-0.2, 0) is 0 Å². The predicted octanol–water partition coefficient (Wildman–Crippen LogP) is 1.92. The summed E-state index contributed by atoms with van der Waals surface area (Å²) in [7, 11) is 0. The van der Waals surface area contributed by atoms with Crippen molar-refractivity contribution in [2.45, 2.75) is 26.8 Å². The van der Waals surface area contributed by atoms with Gasteiger partial charge in [-0.15, -0.1) is 0 Å². The molecular weight excluding hydrogens is 230 g/mol. The van der Waals surface area contributed by atoms with Crippen LogP contribution in [0.3, 0.4) is 0 Å². The Morgan fingerprint density at radius 2 is 2.11 bits per heavy atom. The predicted molar refractivity (Wildman–Crippen MR) is 72.1 cm³/mol. The molecule has 100 valence electrons. The van der Waals surface area contributed by atoms with Gasteiger partial charge in [-0.05, 0) is 32.1 Å². The van der Waals surface area contributed by atoms with Crippen LogP contribution in [0.2, 0.25) is 0 Å². The van der Waals surface area contributed by atoms with Crippen molar-refractivity contribution in [3.8, 4) is 0 Å². The van der Waals surface area contributed by atoms with Crippen molar-refractivity contribution < 1.29 is 9.90 Å². The zero-order valence-corrected chi connectivity index (χ0v) is 11.2. The largest absolute Gasteiger partial charge is 0.477 e. The number of aromatic nitrogens is 1. The molecule has 0 saturated heterocycles. The summed E-state index contributed by atoms with van der Waals surface area (Å²) >= 11 is 0. The maximum absolute atomic E-state index is 10.8. The zero-order valence-electron chi connectivity index (χ0n) is 11.2. The van der Waals surface area contributed by atoms with Crippen LogP contribution >= 0.6 is 0 Å². The van der Waals surface area contributed by atoms with E-state index in [1.54, 1.807) is 12.1 Å². The van der Waals surface area contributed by atoms with Crippen molar-refractivity contribution in [1.82, 2.24) is 9.88 Å². The average Bonchev–Trinajstić information content (AvgIpc) is 2.38. The van der Waals surface area contributed by atoms with Crippen LogP contribution in [0.25, 0.3) is 0 Å². The van der Waals surface area contributed by atoms with Gasteiger partial charge in [0.25, 0.3) is 0 Å². The van der Waals surface area contributed by atoms with Gasteiger partial charge in [-0.1, -0.05) is 19.9 Å². The van der Waals surface area contributed by atoms with Crippen molar-refractivity contribution in [2.75, 3.05) is 25.0 Å². The maximum Gasteiger partial charge on any atom is 0.354 e. The molecule has 5 nitrogen and oxygen atoms in total. The highest BCUT2D eigenvalue weighted by atomic mass is 16.4. The minimum Gasteiger partial charge on any atom is -0.477 e. The van der Waals surface area contributed by atoms with E-state index >= 15 is 0 Å². The second kappa shape index (κ2) is 6.96. The number of carboxylic acid groups (broad SMARTS) is 1. The van der Waals surface area contributed by atoms with E-state index < -0.39 is 5.97 Å². The maximum atomic E-state index is 10.8. The quantitative estimate of drug-likeness (QED) is 0.775. The Bertz CT molecular complexity index is 392. The van der Waals surface area contributed by atoms with Gasteiger partial charge in [0.05, 0.1) is 0 Å². The van der Waals surface area contributed by atoms with Crippen LogP contribution in [0.1, 0.15) is 31.3 Å². The van der Waals surface area contributed by atoms with Crippen molar-refractivity contribution in [1.29, 1.82) is 0 Å². The first-order chi connectivity index (χ1) is 8.58. The lowest BCUT2D eigenvalue weighted by atomic mass is 10.2. The zero-order chi connectivity index (χ0) is 13.5. The standard InChI is InChI=1S/C13H21N3O2/c1-4-16(5-2)10(3)9-14-12-8-6-7-11(15-12)13(17)18/h6-8,10H,4-5,9H2,1-3H3,(H,14,15)(H,17,18)/t10-/m1/s1. The SMILES string of the molecule is CCN(CC)[C@H](C)CNc1cccc(C(=O)O)n1. The van der Waals surface area contributed by atoms with E-state index in [1.165, 1.54) is 6.07 Å². The van der Waals surface area contributed by atoms with Crippen molar-refractivity contribution in [3.63, 3.8) is 0 Å². The highest BCUT2D eigenvalue weighted by Crippen LogP contribution is 2.06. The Labute approximate surface area is 108 Å². The molecule has 0 aliphatic rings. The van der Waals surface area contributed by atoms with E-state index in [2.05, 4.69) is 36.0 Å². The molecule has 0 aliphatic carbocycles. The van der Waals surface area contributed by atoms with Gasteiger partial charge in [0, 0.05) is 12.6 Å². The minimum absolute atomic E-state index is 0.0653. The summed E-state index contributed by atoms with van der Waals surface area (Å²) in [5.74, 6) is -0.399. The van der Waals surface area contributed by atoms with Crippen molar-refractivity contribution >= 4 is 11.8 Å². The van der Waals surface area contributed by atoms with Gasteiger partial charge in [0.15, 0.2) is 5.69 Å². The molecule has 5 heteroatoms. The first-order valence-corrected chi connectivity index (χ1v) is 6.26. The molecule has 0 saturated carbocycles. The molecule has 1 rings (SSSR count). The van der Waals surface area contributed by atoms with Crippen LogP contribution in [0.15, 0.2) is 18.2 Å². The first-order valence-electron chi connectivity index (χ1n) is 6.26. The van der Waals surface area contributed by atoms with Crippen LogP contribution < -0.4 is 5.32 Å². The number of likely N-dealkylation sites (N-methyl/N-ethyl adjacent to an activating group) is 1. The Morgan fingerprint density at radius 3 is 2.67 bits per heavy atom. The molecule has 0 aliphatic heterocycles. The lowest BCUT2D eigenvalue weighted by Crippen LogP contribution is -2.37. The fraction of sp³-hybridized carbons (Fsp3) is 0.538. The van der Waals surface area contributed by atoms with Crippen LogP contribution in [-0.4, -0.2) is 46.6 Å². The second-order valence-corrected chi connectivity index (χ2v) is 4.16. The first kappa shape index (κ1) is 14.4. The normalized spacial score (nSPS) is 12.4. The van der Waals surface area contributed by atoms with Gasteiger partial charge in [0.1, 0.15) is 5.82 Å². The number of rotatable bonds is 7. The lowest BCUT2D eigenvalue weighted by molar-refractivity contribution is 0.0690.